The molecule has 0 amide bonds. The molecular weight excluding hydrogens is 733 g/mol. The van der Waals surface area contributed by atoms with Crippen molar-refractivity contribution in [2.24, 2.45) is 4.99 Å². The third-order valence-electron chi connectivity index (χ3n) is 8.47. The summed E-state index contributed by atoms with van der Waals surface area (Å²) in [5.41, 5.74) is 14.0. The van der Waals surface area contributed by atoms with Gasteiger partial charge in [-0.3, -0.25) is 4.79 Å². The number of aromatic nitrogens is 2. The minimum atomic E-state index is -0.809. The van der Waals surface area contributed by atoms with Crippen molar-refractivity contribution in [2.75, 3.05) is 0 Å². The van der Waals surface area contributed by atoms with Gasteiger partial charge in [0.1, 0.15) is 0 Å². The minimum absolute atomic E-state index is 0. The van der Waals surface area contributed by atoms with Gasteiger partial charge < -0.3 is 27.8 Å². The maximum absolute atomic E-state index is 11.5. The molecule has 8 nitrogen and oxygen atoms in total. The summed E-state index contributed by atoms with van der Waals surface area (Å²) in [5, 5.41) is 16.2. The molecule has 2 aromatic heterocycles. The van der Waals surface area contributed by atoms with E-state index >= 15 is 0 Å². The Bertz CT molecular complexity index is 1760. The van der Waals surface area contributed by atoms with Crippen LogP contribution in [0.4, 0.5) is 0 Å². The van der Waals surface area contributed by atoms with Crippen molar-refractivity contribution in [2.45, 2.75) is 86.6 Å². The summed E-state index contributed by atoms with van der Waals surface area (Å²) in [4.78, 5) is 42.9. The largest absolute Gasteiger partial charge is 0.675 e. The molecule has 1 N–H and O–H groups in total. The van der Waals surface area contributed by atoms with Crippen LogP contribution in [0.5, 0.6) is 0 Å². The van der Waals surface area contributed by atoms with Crippen molar-refractivity contribution < 1.29 is 39.6 Å². The Morgan fingerprint density at radius 2 is 1.57 bits per heavy atom. The van der Waals surface area contributed by atoms with Gasteiger partial charge in [0, 0.05) is 26.5 Å². The van der Waals surface area contributed by atoms with E-state index in [9.17, 15) is 9.90 Å². The number of rotatable bonds is 6. The molecule has 5 heterocycles. The summed E-state index contributed by atoms with van der Waals surface area (Å²) in [6.07, 6.45) is 11.8. The fourth-order valence-electron chi connectivity index (χ4n) is 6.13. The van der Waals surface area contributed by atoms with E-state index < -0.39 is 5.97 Å². The number of carbonyl (C=O) groups excluding carboxylic acids is 2. The van der Waals surface area contributed by atoms with Crippen LogP contribution in [0.1, 0.15) is 87.5 Å². The maximum atomic E-state index is 11.5. The third kappa shape index (κ3) is 6.96. The number of nitrogens with zero attached hydrogens (tertiary/aromatic N) is 4. The monoisotopic (exact) mass is 773 g/mol. The first-order chi connectivity index (χ1) is 20.1. The van der Waals surface area contributed by atoms with Crippen LogP contribution in [-0.2, 0) is 47.3 Å². The van der Waals surface area contributed by atoms with Gasteiger partial charge in [-0.15, -0.1) is 33.9 Å². The minimum Gasteiger partial charge on any atom is -0.675 e. The zero-order valence-corrected chi connectivity index (χ0v) is 29.1. The fraction of sp³-hybridized carbons (Fsp3) is 0.371. The fourth-order valence-corrected chi connectivity index (χ4v) is 6.13. The van der Waals surface area contributed by atoms with Crippen molar-refractivity contribution in [3.05, 3.63) is 90.8 Å². The van der Waals surface area contributed by atoms with Crippen LogP contribution in [0.3, 0.4) is 0 Å². The van der Waals surface area contributed by atoms with Crippen molar-refractivity contribution in [3.63, 3.8) is 0 Å². The van der Waals surface area contributed by atoms with Crippen LogP contribution in [0.2, 0.25) is 0 Å². The Morgan fingerprint density at radius 3 is 2.16 bits per heavy atom. The van der Waals surface area contributed by atoms with Crippen LogP contribution in [0, 0.1) is 21.3 Å². The molecule has 3 aliphatic rings. The van der Waals surface area contributed by atoms with E-state index in [1.165, 1.54) is 27.8 Å². The number of fused-ring (bicyclic) bond motifs is 7. The van der Waals surface area contributed by atoms with Crippen LogP contribution in [0.25, 0.3) is 29.6 Å². The molecule has 0 saturated carbocycles. The number of carboxylic acid groups (broad SMARTS) is 1. The number of aliphatic carboxylic acids is 1. The molecule has 0 saturated heterocycles. The van der Waals surface area contributed by atoms with Gasteiger partial charge in [-0.25, -0.2) is 4.99 Å². The zero-order valence-electron chi connectivity index (χ0n) is 26.7. The predicted octanol–water partition coefficient (Wildman–Crippen LogP) is 5.28. The number of allylic oxidation sites excluding steroid dienone is 3. The second-order valence-electron chi connectivity index (χ2n) is 10.7. The van der Waals surface area contributed by atoms with Crippen LogP contribution < -0.4 is 20.7 Å². The molecular formula is C35H40IrN4O4-4. The molecule has 2 aromatic rings. The van der Waals surface area contributed by atoms with Crippen LogP contribution >= 0.6 is 0 Å². The second-order valence-corrected chi connectivity index (χ2v) is 10.7. The normalized spacial score (nSPS) is 16.5. The molecule has 3 aliphatic heterocycles. The van der Waals surface area contributed by atoms with Gasteiger partial charge in [0.25, 0.3) is 0 Å². The van der Waals surface area contributed by atoms with Gasteiger partial charge in [0.05, 0.1) is 11.4 Å². The maximum Gasteiger partial charge on any atom is 0.373 e. The van der Waals surface area contributed by atoms with E-state index in [2.05, 4.69) is 65.8 Å². The van der Waals surface area contributed by atoms with Gasteiger partial charge in [0.2, 0.25) is 0 Å². The summed E-state index contributed by atoms with van der Waals surface area (Å²) >= 11 is 0. The third-order valence-corrected chi connectivity index (χ3v) is 8.47. The van der Waals surface area contributed by atoms with Gasteiger partial charge in [0.15, 0.2) is 0 Å². The first-order valence-electron chi connectivity index (χ1n) is 14.4. The molecule has 9 heteroatoms. The van der Waals surface area contributed by atoms with Gasteiger partial charge >= 0.3 is 12.1 Å². The quantitative estimate of drug-likeness (QED) is 0.399. The molecule has 0 spiro atoms. The summed E-state index contributed by atoms with van der Waals surface area (Å²) in [5.74, 6) is -0.809. The molecule has 8 bridgehead atoms. The SMILES string of the molecule is CCC1=C(C)C2=NC1=Cc1[n-]c(c(CC)c1C)C=C1[N-]C(C=c3[n-]c(c(C)c3CCC(=O)O)=C2)C(CC)=C1C.O=C=O.[CH3-].[Ir]. The Hall–Kier alpha value is -3.77. The summed E-state index contributed by atoms with van der Waals surface area (Å²) in [6, 6.07) is -0.135. The molecule has 1 radical (unpaired) electrons. The Morgan fingerprint density at radius 1 is 0.886 bits per heavy atom. The number of aliphatic imine (C=N–C) groups is 1. The number of hydrogen-bond acceptors (Lipinski definition) is 4. The van der Waals surface area contributed by atoms with E-state index in [0.29, 0.717) is 6.42 Å². The summed E-state index contributed by atoms with van der Waals surface area (Å²) < 4.78 is 0. The Labute approximate surface area is 273 Å². The molecule has 0 fully saturated rings. The van der Waals surface area contributed by atoms with E-state index in [1.54, 1.807) is 0 Å². The van der Waals surface area contributed by atoms with Crippen LogP contribution in [0.15, 0.2) is 38.7 Å². The zero-order chi connectivity index (χ0) is 30.7. The number of hydrogen-bond donors (Lipinski definition) is 1. The van der Waals surface area contributed by atoms with Crippen molar-refractivity contribution in [1.29, 1.82) is 0 Å². The van der Waals surface area contributed by atoms with Gasteiger partial charge in [-0.2, -0.15) is 9.59 Å². The molecule has 1 atom stereocenters. The second kappa shape index (κ2) is 15.3. The topological polar surface area (TPSA) is 126 Å². The average Bonchev–Trinajstić information content (AvgIpc) is 3.60. The molecule has 237 valence electrons. The molecule has 0 aromatic carbocycles. The van der Waals surface area contributed by atoms with Gasteiger partial charge in [-0.1, -0.05) is 78.4 Å². The summed E-state index contributed by atoms with van der Waals surface area (Å²) in [6.45, 7) is 15.0. The van der Waals surface area contributed by atoms with Gasteiger partial charge in [-0.05, 0) is 64.5 Å². The van der Waals surface area contributed by atoms with E-state index in [0.717, 1.165) is 75.2 Å². The van der Waals surface area contributed by atoms with Crippen molar-refractivity contribution >= 4 is 42.1 Å². The molecule has 0 aliphatic carbocycles. The number of carbonyl (C=O) groups is 1. The van der Waals surface area contributed by atoms with Crippen molar-refractivity contribution in [1.82, 2.24) is 9.97 Å². The van der Waals surface area contributed by atoms with Crippen molar-refractivity contribution in [3.8, 4) is 0 Å². The van der Waals surface area contributed by atoms with E-state index in [1.807, 2.05) is 6.92 Å². The standard InChI is InChI=1S/C33H38N4O2.CO2.CH3.Ir/c1-8-21-17(4)25-13-26-20(7)24(11-12-33(38)39)32(37-26)16-31-23(10-3)19(6)28(36-31)15-30-22(9-2)18(5)27(35-30)14-29(21)34-25;2-1-3;;/h13-16,31H,8-12H2,1-7H3,(H2-2,34,35,36,37,38,39);;1H3;/q-2;;-1;/p-1. The smallest absolute Gasteiger partial charge is 0.373 e. The van der Waals surface area contributed by atoms with E-state index in [-0.39, 0.29) is 46.1 Å². The first kappa shape index (κ1) is 36.4. The predicted molar refractivity (Wildman–Crippen MR) is 170 cm³/mol. The van der Waals surface area contributed by atoms with E-state index in [4.69, 9.17) is 29.9 Å². The Balaban J connectivity index is 0.00000130. The molecule has 44 heavy (non-hydrogen) atoms. The number of carboxylic acids is 1. The molecule has 1 unspecified atom stereocenters. The Kier molecular flexibility index (Phi) is 12.7. The summed E-state index contributed by atoms with van der Waals surface area (Å²) in [7, 11) is 0. The average molecular weight is 773 g/mol. The van der Waals surface area contributed by atoms with Crippen LogP contribution in [-0.4, -0.2) is 29.0 Å². The molecule has 5 rings (SSSR count). The first-order valence-corrected chi connectivity index (χ1v) is 14.4.